The zero-order valence-electron chi connectivity index (χ0n) is 17.0. The van der Waals surface area contributed by atoms with Gasteiger partial charge >= 0.3 is 5.97 Å². The fourth-order valence-corrected chi connectivity index (χ4v) is 2.88. The molecule has 0 saturated heterocycles. The van der Waals surface area contributed by atoms with E-state index < -0.39 is 5.97 Å². The molecule has 0 atom stereocenters. The molecule has 30 heavy (non-hydrogen) atoms. The summed E-state index contributed by atoms with van der Waals surface area (Å²) in [5.74, 6) is 0.545. The second-order valence-electron chi connectivity index (χ2n) is 6.18. The number of nitrogens with one attached hydrogen (secondary N) is 1. The lowest BCUT2D eigenvalue weighted by Crippen LogP contribution is -2.13. The van der Waals surface area contributed by atoms with Gasteiger partial charge in [0.25, 0.3) is 0 Å². The number of aryl methyl sites for hydroxylation is 1. The molecular formula is C21H23N5O4. The van der Waals surface area contributed by atoms with E-state index in [9.17, 15) is 4.79 Å². The van der Waals surface area contributed by atoms with E-state index in [2.05, 4.69) is 27.2 Å². The van der Waals surface area contributed by atoms with Crippen LogP contribution in [-0.2, 0) is 17.8 Å². The molecule has 0 spiro atoms. The summed E-state index contributed by atoms with van der Waals surface area (Å²) in [6, 6.07) is 12.8. The Balaban J connectivity index is 1.78. The molecule has 3 N–H and O–H groups in total. The number of anilines is 3. The number of carbonyl (C=O) groups is 1. The summed E-state index contributed by atoms with van der Waals surface area (Å²) in [7, 11) is 2.93. The average Bonchev–Trinajstić information content (AvgIpc) is 2.76. The summed E-state index contributed by atoms with van der Waals surface area (Å²) < 4.78 is 15.8. The summed E-state index contributed by atoms with van der Waals surface area (Å²) >= 11 is 0. The van der Waals surface area contributed by atoms with Gasteiger partial charge in [0.15, 0.2) is 12.4 Å². The molecular weight excluding hydrogens is 386 g/mol. The van der Waals surface area contributed by atoms with Crippen molar-refractivity contribution in [3.8, 4) is 11.5 Å². The van der Waals surface area contributed by atoms with Gasteiger partial charge in [-0.1, -0.05) is 31.2 Å². The largest absolute Gasteiger partial charge is 0.496 e. The summed E-state index contributed by atoms with van der Waals surface area (Å²) in [4.78, 5) is 25.1. The van der Waals surface area contributed by atoms with Crippen molar-refractivity contribution < 1.29 is 19.0 Å². The van der Waals surface area contributed by atoms with Gasteiger partial charge in [-0.25, -0.2) is 4.79 Å². The minimum atomic E-state index is -0.630. The molecule has 0 bridgehead atoms. The highest BCUT2D eigenvalue weighted by Gasteiger charge is 2.20. The Bertz CT molecular complexity index is 1020. The number of nitrogen functional groups attached to an aromatic ring is 1. The van der Waals surface area contributed by atoms with Crippen molar-refractivity contribution in [2.45, 2.75) is 20.0 Å². The van der Waals surface area contributed by atoms with Crippen LogP contribution < -0.4 is 20.5 Å². The number of rotatable bonds is 8. The monoisotopic (exact) mass is 409 g/mol. The molecule has 0 amide bonds. The summed E-state index contributed by atoms with van der Waals surface area (Å²) in [5.41, 5.74) is 7.96. The van der Waals surface area contributed by atoms with Crippen LogP contribution in [0.3, 0.4) is 0 Å². The van der Waals surface area contributed by atoms with Crippen molar-refractivity contribution in [3.05, 3.63) is 59.4 Å². The standard InChI is InChI=1S/C21H23N5O4/c1-4-13-8-5-6-9-14(13)23-21-25-17(24-20(22)26-21)12-30-19(27)18-15(28-2)10-7-11-16(18)29-3/h5-11H,4,12H2,1-3H3,(H3,22,23,24,25,26). The van der Waals surface area contributed by atoms with Gasteiger partial charge in [-0.15, -0.1) is 0 Å². The van der Waals surface area contributed by atoms with Gasteiger partial charge in [-0.05, 0) is 30.2 Å². The van der Waals surface area contributed by atoms with Crippen LogP contribution in [0.2, 0.25) is 0 Å². The van der Waals surface area contributed by atoms with E-state index in [1.807, 2.05) is 24.3 Å². The van der Waals surface area contributed by atoms with Crippen LogP contribution in [0.5, 0.6) is 11.5 Å². The molecule has 9 nitrogen and oxygen atoms in total. The number of hydrogen-bond acceptors (Lipinski definition) is 9. The molecule has 156 valence electrons. The van der Waals surface area contributed by atoms with Crippen LogP contribution in [0.15, 0.2) is 42.5 Å². The molecule has 0 radical (unpaired) electrons. The fourth-order valence-electron chi connectivity index (χ4n) is 2.88. The van der Waals surface area contributed by atoms with E-state index in [1.165, 1.54) is 14.2 Å². The molecule has 2 aromatic carbocycles. The van der Waals surface area contributed by atoms with E-state index in [0.29, 0.717) is 11.5 Å². The molecule has 0 aliphatic carbocycles. The lowest BCUT2D eigenvalue weighted by atomic mass is 10.1. The topological polar surface area (TPSA) is 121 Å². The van der Waals surface area contributed by atoms with Crippen LogP contribution in [-0.4, -0.2) is 35.1 Å². The number of hydrogen-bond donors (Lipinski definition) is 2. The smallest absolute Gasteiger partial charge is 0.346 e. The van der Waals surface area contributed by atoms with Gasteiger partial charge in [0.1, 0.15) is 17.1 Å². The lowest BCUT2D eigenvalue weighted by Gasteiger charge is -2.13. The fraction of sp³-hybridized carbons (Fsp3) is 0.238. The summed E-state index contributed by atoms with van der Waals surface area (Å²) in [5, 5.41) is 3.14. The predicted octanol–water partition coefficient (Wildman–Crippen LogP) is 3.13. The minimum absolute atomic E-state index is 0.0161. The molecule has 1 heterocycles. The van der Waals surface area contributed by atoms with Crippen molar-refractivity contribution in [1.82, 2.24) is 15.0 Å². The first-order valence-electron chi connectivity index (χ1n) is 9.29. The molecule has 3 rings (SSSR count). The number of para-hydroxylation sites is 1. The number of aromatic nitrogens is 3. The van der Waals surface area contributed by atoms with Gasteiger partial charge in [0.05, 0.1) is 14.2 Å². The predicted molar refractivity (Wildman–Crippen MR) is 112 cm³/mol. The normalized spacial score (nSPS) is 10.4. The molecule has 3 aromatic rings. The average molecular weight is 409 g/mol. The number of nitrogens with zero attached hydrogens (tertiary/aromatic N) is 3. The van der Waals surface area contributed by atoms with Gasteiger partial charge in [-0.2, -0.15) is 15.0 Å². The Morgan fingerprint density at radius 3 is 2.37 bits per heavy atom. The second-order valence-corrected chi connectivity index (χ2v) is 6.18. The lowest BCUT2D eigenvalue weighted by molar-refractivity contribution is 0.0454. The van der Waals surface area contributed by atoms with Crippen molar-refractivity contribution in [2.75, 3.05) is 25.3 Å². The van der Waals surface area contributed by atoms with Crippen LogP contribution in [0.4, 0.5) is 17.6 Å². The maximum Gasteiger partial charge on any atom is 0.346 e. The summed E-state index contributed by atoms with van der Waals surface area (Å²) in [6.07, 6.45) is 0.842. The number of methoxy groups -OCH3 is 2. The minimum Gasteiger partial charge on any atom is -0.496 e. The van der Waals surface area contributed by atoms with Crippen molar-refractivity contribution in [3.63, 3.8) is 0 Å². The molecule has 0 fully saturated rings. The molecule has 0 saturated carbocycles. The zero-order chi connectivity index (χ0) is 21.5. The Morgan fingerprint density at radius 1 is 1.00 bits per heavy atom. The number of nitrogens with two attached hydrogens (primary N) is 1. The SMILES string of the molecule is CCc1ccccc1Nc1nc(N)nc(COC(=O)c2c(OC)cccc2OC)n1. The molecule has 0 aliphatic heterocycles. The highest BCUT2D eigenvalue weighted by Crippen LogP contribution is 2.29. The van der Waals surface area contributed by atoms with Crippen molar-refractivity contribution in [1.29, 1.82) is 0 Å². The molecule has 0 unspecified atom stereocenters. The first-order chi connectivity index (χ1) is 14.5. The van der Waals surface area contributed by atoms with Gasteiger partial charge in [-0.3, -0.25) is 0 Å². The zero-order valence-corrected chi connectivity index (χ0v) is 17.0. The maximum absolute atomic E-state index is 12.6. The van der Waals surface area contributed by atoms with Crippen LogP contribution >= 0.6 is 0 Å². The third-order valence-electron chi connectivity index (χ3n) is 4.31. The molecule has 0 aliphatic rings. The first kappa shape index (κ1) is 20.8. The quantitative estimate of drug-likeness (QED) is 0.540. The summed E-state index contributed by atoms with van der Waals surface area (Å²) in [6.45, 7) is 1.86. The van der Waals surface area contributed by atoms with Gasteiger partial charge in [0, 0.05) is 5.69 Å². The number of esters is 1. The van der Waals surface area contributed by atoms with E-state index in [1.54, 1.807) is 18.2 Å². The highest BCUT2D eigenvalue weighted by molar-refractivity contribution is 5.95. The van der Waals surface area contributed by atoms with Crippen molar-refractivity contribution >= 4 is 23.6 Å². The van der Waals surface area contributed by atoms with E-state index in [0.717, 1.165) is 17.7 Å². The third-order valence-corrected chi connectivity index (χ3v) is 4.31. The Morgan fingerprint density at radius 2 is 1.70 bits per heavy atom. The Kier molecular flexibility index (Phi) is 6.63. The highest BCUT2D eigenvalue weighted by atomic mass is 16.5. The van der Waals surface area contributed by atoms with E-state index in [-0.39, 0.29) is 29.9 Å². The van der Waals surface area contributed by atoms with E-state index >= 15 is 0 Å². The Labute approximate surface area is 174 Å². The van der Waals surface area contributed by atoms with Crippen LogP contribution in [0, 0.1) is 0 Å². The van der Waals surface area contributed by atoms with Crippen molar-refractivity contribution in [2.24, 2.45) is 0 Å². The second kappa shape index (κ2) is 9.55. The van der Waals surface area contributed by atoms with Crippen LogP contribution in [0.25, 0.3) is 0 Å². The maximum atomic E-state index is 12.6. The van der Waals surface area contributed by atoms with Crippen LogP contribution in [0.1, 0.15) is 28.7 Å². The number of carbonyl (C=O) groups excluding carboxylic acids is 1. The molecule has 9 heteroatoms. The number of benzene rings is 2. The van der Waals surface area contributed by atoms with Gasteiger partial charge < -0.3 is 25.3 Å². The van der Waals surface area contributed by atoms with E-state index in [4.69, 9.17) is 19.9 Å². The first-order valence-corrected chi connectivity index (χ1v) is 9.29. The Hall–Kier alpha value is -3.88. The van der Waals surface area contributed by atoms with Gasteiger partial charge in [0.2, 0.25) is 11.9 Å². The number of ether oxygens (including phenoxy) is 3. The molecule has 1 aromatic heterocycles. The third kappa shape index (κ3) is 4.75.